The van der Waals surface area contributed by atoms with E-state index >= 15 is 0 Å². The van der Waals surface area contributed by atoms with E-state index < -0.39 is 0 Å². The fraction of sp³-hybridized carbons (Fsp3) is 0.308. The van der Waals surface area contributed by atoms with Crippen molar-refractivity contribution in [3.8, 4) is 0 Å². The molecular weight excluding hydrogens is 234 g/mol. The number of imidazole rings is 1. The van der Waals surface area contributed by atoms with E-state index in [1.165, 1.54) is 0 Å². The Hall–Kier alpha value is -1.32. The van der Waals surface area contributed by atoms with Gasteiger partial charge in [0.1, 0.15) is 5.82 Å². The number of aromatic nitrogens is 2. The topological polar surface area (TPSA) is 43.8 Å². The molecule has 2 aromatic rings. The van der Waals surface area contributed by atoms with Gasteiger partial charge in [0, 0.05) is 36.9 Å². The summed E-state index contributed by atoms with van der Waals surface area (Å²) in [6.07, 6.45) is 4.42. The Morgan fingerprint density at radius 2 is 2.18 bits per heavy atom. The van der Waals surface area contributed by atoms with Crippen LogP contribution in [0.3, 0.4) is 0 Å². The number of halogens is 1. The molecule has 1 aromatic heterocycles. The number of benzene rings is 1. The van der Waals surface area contributed by atoms with Crippen molar-refractivity contribution in [1.82, 2.24) is 9.55 Å². The van der Waals surface area contributed by atoms with Gasteiger partial charge in [-0.1, -0.05) is 17.7 Å². The molecule has 1 atom stereocenters. The third-order valence-corrected chi connectivity index (χ3v) is 3.03. The van der Waals surface area contributed by atoms with Gasteiger partial charge in [-0.15, -0.1) is 0 Å². The summed E-state index contributed by atoms with van der Waals surface area (Å²) in [4.78, 5) is 4.28. The average Bonchev–Trinajstić information content (AvgIpc) is 2.63. The van der Waals surface area contributed by atoms with Crippen LogP contribution >= 0.6 is 11.6 Å². The Labute approximate surface area is 106 Å². The Bertz CT molecular complexity index is 499. The maximum atomic E-state index is 6.18. The van der Waals surface area contributed by atoms with Crippen LogP contribution in [0.4, 0.5) is 0 Å². The van der Waals surface area contributed by atoms with Gasteiger partial charge < -0.3 is 10.3 Å². The molecule has 3 nitrogen and oxygen atoms in total. The van der Waals surface area contributed by atoms with Crippen LogP contribution in [0.1, 0.15) is 23.0 Å². The van der Waals surface area contributed by atoms with Crippen molar-refractivity contribution >= 4 is 11.6 Å². The zero-order valence-corrected chi connectivity index (χ0v) is 10.8. The molecule has 0 bridgehead atoms. The minimum Gasteiger partial charge on any atom is -0.338 e. The summed E-state index contributed by atoms with van der Waals surface area (Å²) in [5.74, 6) is 0.982. The predicted octanol–water partition coefficient (Wildman–Crippen LogP) is 2.62. The van der Waals surface area contributed by atoms with Crippen LogP contribution in [0.15, 0.2) is 30.6 Å². The van der Waals surface area contributed by atoms with Crippen LogP contribution in [0.5, 0.6) is 0 Å². The maximum absolute atomic E-state index is 6.18. The first-order chi connectivity index (χ1) is 8.06. The highest BCUT2D eigenvalue weighted by atomic mass is 35.5. The van der Waals surface area contributed by atoms with Crippen LogP contribution in [0, 0.1) is 6.92 Å². The first-order valence-electron chi connectivity index (χ1n) is 5.55. The molecular formula is C13H16ClN3. The molecule has 0 radical (unpaired) electrons. The zero-order chi connectivity index (χ0) is 12.4. The Morgan fingerprint density at radius 1 is 1.41 bits per heavy atom. The van der Waals surface area contributed by atoms with Gasteiger partial charge in [0.15, 0.2) is 0 Å². The number of nitrogens with two attached hydrogens (primary N) is 1. The summed E-state index contributed by atoms with van der Waals surface area (Å²) in [5.41, 5.74) is 8.36. The van der Waals surface area contributed by atoms with Crippen molar-refractivity contribution < 1.29 is 0 Å². The molecule has 1 aromatic carbocycles. The van der Waals surface area contributed by atoms with E-state index in [-0.39, 0.29) is 6.04 Å². The van der Waals surface area contributed by atoms with Crippen molar-refractivity contribution in [1.29, 1.82) is 0 Å². The second-order valence-corrected chi connectivity index (χ2v) is 4.76. The first kappa shape index (κ1) is 12.1. The molecule has 90 valence electrons. The highest BCUT2D eigenvalue weighted by Gasteiger charge is 2.11. The monoisotopic (exact) mass is 249 g/mol. The van der Waals surface area contributed by atoms with Crippen LogP contribution in [-0.2, 0) is 13.5 Å². The van der Waals surface area contributed by atoms with Gasteiger partial charge in [-0.25, -0.2) is 4.98 Å². The van der Waals surface area contributed by atoms with Crippen molar-refractivity contribution in [2.75, 3.05) is 0 Å². The van der Waals surface area contributed by atoms with Crippen LogP contribution in [0.25, 0.3) is 0 Å². The molecule has 0 aliphatic rings. The zero-order valence-electron chi connectivity index (χ0n) is 10.0. The molecule has 0 amide bonds. The lowest BCUT2D eigenvalue weighted by Gasteiger charge is -2.13. The Kier molecular flexibility index (Phi) is 3.50. The largest absolute Gasteiger partial charge is 0.338 e. The molecule has 17 heavy (non-hydrogen) atoms. The summed E-state index contributed by atoms with van der Waals surface area (Å²) in [6, 6.07) is 5.84. The summed E-state index contributed by atoms with van der Waals surface area (Å²) >= 11 is 6.03. The van der Waals surface area contributed by atoms with Crippen molar-refractivity contribution in [2.24, 2.45) is 12.8 Å². The first-order valence-corrected chi connectivity index (χ1v) is 5.93. The molecule has 4 heteroatoms. The van der Waals surface area contributed by atoms with Crippen LogP contribution in [0.2, 0.25) is 5.02 Å². The molecule has 2 rings (SSSR count). The minimum atomic E-state index is -0.0755. The normalized spacial score (nSPS) is 12.7. The summed E-state index contributed by atoms with van der Waals surface area (Å²) in [6.45, 7) is 2.02. The highest BCUT2D eigenvalue weighted by Crippen LogP contribution is 2.21. The number of aryl methyl sites for hydroxylation is 2. The maximum Gasteiger partial charge on any atom is 0.110 e. The fourth-order valence-electron chi connectivity index (χ4n) is 1.89. The quantitative estimate of drug-likeness (QED) is 0.909. The number of hydrogen-bond donors (Lipinski definition) is 1. The van der Waals surface area contributed by atoms with E-state index in [9.17, 15) is 0 Å². The Balaban J connectivity index is 2.20. The van der Waals surface area contributed by atoms with Gasteiger partial charge in [0.25, 0.3) is 0 Å². The van der Waals surface area contributed by atoms with Crippen LogP contribution in [-0.4, -0.2) is 9.55 Å². The Morgan fingerprint density at radius 3 is 2.76 bits per heavy atom. The molecule has 0 spiro atoms. The van der Waals surface area contributed by atoms with Crippen molar-refractivity contribution in [2.45, 2.75) is 19.4 Å². The van der Waals surface area contributed by atoms with Gasteiger partial charge in [0.2, 0.25) is 0 Å². The van der Waals surface area contributed by atoms with Gasteiger partial charge in [-0.3, -0.25) is 0 Å². The van der Waals surface area contributed by atoms with E-state index in [1.54, 1.807) is 6.20 Å². The second-order valence-electron chi connectivity index (χ2n) is 4.33. The van der Waals surface area contributed by atoms with Gasteiger partial charge in [-0.2, -0.15) is 0 Å². The van der Waals surface area contributed by atoms with E-state index in [2.05, 4.69) is 11.1 Å². The second kappa shape index (κ2) is 4.90. The lowest BCUT2D eigenvalue weighted by atomic mass is 10.0. The molecule has 0 saturated carbocycles. The molecule has 1 unspecified atom stereocenters. The average molecular weight is 250 g/mol. The molecule has 0 saturated heterocycles. The van der Waals surface area contributed by atoms with Crippen LogP contribution < -0.4 is 5.73 Å². The van der Waals surface area contributed by atoms with Crippen molar-refractivity contribution in [3.05, 3.63) is 52.6 Å². The summed E-state index contributed by atoms with van der Waals surface area (Å²) in [5, 5.41) is 0.732. The number of nitrogens with zero attached hydrogens (tertiary/aromatic N) is 2. The highest BCUT2D eigenvalue weighted by molar-refractivity contribution is 6.30. The molecule has 1 heterocycles. The lowest BCUT2D eigenvalue weighted by molar-refractivity contribution is 0.659. The SMILES string of the molecule is Cc1cc(Cl)cc(C(N)Cc2nccn2C)c1. The minimum absolute atomic E-state index is 0.0755. The predicted molar refractivity (Wildman–Crippen MR) is 70.0 cm³/mol. The van der Waals surface area contributed by atoms with Crippen molar-refractivity contribution in [3.63, 3.8) is 0 Å². The smallest absolute Gasteiger partial charge is 0.110 e. The van der Waals surface area contributed by atoms with Gasteiger partial charge in [-0.05, 0) is 30.2 Å². The van der Waals surface area contributed by atoms with Gasteiger partial charge in [0.05, 0.1) is 0 Å². The summed E-state index contributed by atoms with van der Waals surface area (Å²) in [7, 11) is 1.97. The van der Waals surface area contributed by atoms with E-state index in [4.69, 9.17) is 17.3 Å². The fourth-order valence-corrected chi connectivity index (χ4v) is 2.18. The molecule has 0 aliphatic carbocycles. The standard InChI is InChI=1S/C13H16ClN3/c1-9-5-10(7-11(14)6-9)12(15)8-13-16-3-4-17(13)2/h3-7,12H,8,15H2,1-2H3. The third-order valence-electron chi connectivity index (χ3n) is 2.82. The summed E-state index contributed by atoms with van der Waals surface area (Å²) < 4.78 is 1.98. The number of hydrogen-bond acceptors (Lipinski definition) is 2. The van der Waals surface area contributed by atoms with E-state index in [0.29, 0.717) is 6.42 Å². The number of rotatable bonds is 3. The molecule has 2 N–H and O–H groups in total. The molecule has 0 aliphatic heterocycles. The third kappa shape index (κ3) is 2.87. The van der Waals surface area contributed by atoms with Gasteiger partial charge >= 0.3 is 0 Å². The van der Waals surface area contributed by atoms with E-state index in [0.717, 1.165) is 22.0 Å². The molecule has 0 fully saturated rings. The lowest BCUT2D eigenvalue weighted by Crippen LogP contribution is -2.16. The van der Waals surface area contributed by atoms with E-state index in [1.807, 2.05) is 36.9 Å².